The van der Waals surface area contributed by atoms with E-state index >= 15 is 0 Å². The smallest absolute Gasteiger partial charge is 0.0376 e. The van der Waals surface area contributed by atoms with Crippen LogP contribution in [0.15, 0.2) is 24.3 Å². The number of hydrogen-bond donors (Lipinski definition) is 0. The van der Waals surface area contributed by atoms with Gasteiger partial charge in [0.05, 0.1) is 0 Å². The first-order valence-corrected chi connectivity index (χ1v) is 5.85. The highest BCUT2D eigenvalue weighted by Gasteiger charge is 2.04. The van der Waals surface area contributed by atoms with Crippen molar-refractivity contribution in [2.24, 2.45) is 0 Å². The van der Waals surface area contributed by atoms with Crippen LogP contribution in [0.4, 0.5) is 0 Å². The number of alkyl halides is 1. The molecular weight excluding hydrogens is 192 g/mol. The largest absolute Gasteiger partial charge is 0.123 e. The number of rotatable bonds is 5. The van der Waals surface area contributed by atoms with Gasteiger partial charge in [-0.1, -0.05) is 49.6 Å². The molecule has 14 heavy (non-hydrogen) atoms. The summed E-state index contributed by atoms with van der Waals surface area (Å²) in [5.74, 6) is 0. The summed E-state index contributed by atoms with van der Waals surface area (Å²) in [6.45, 7) is 4.31. The summed E-state index contributed by atoms with van der Waals surface area (Å²) in [5, 5.41) is 0.303. The van der Waals surface area contributed by atoms with Crippen molar-refractivity contribution >= 4 is 11.6 Å². The number of unbranched alkanes of at least 4 members (excludes halogenated alkanes) is 1. The molecule has 0 aliphatic heterocycles. The lowest BCUT2D eigenvalue weighted by Gasteiger charge is -2.08. The number of aryl methyl sites for hydroxylation is 1. The van der Waals surface area contributed by atoms with E-state index in [1.165, 1.54) is 24.0 Å². The van der Waals surface area contributed by atoms with E-state index in [1.54, 1.807) is 0 Å². The molecule has 0 N–H and O–H groups in total. The number of benzene rings is 1. The SMILES string of the molecule is CCCCC(Cl)Cc1ccc(C)cc1. The molecule has 0 radical (unpaired) electrons. The predicted octanol–water partition coefficient (Wildman–Crippen LogP) is 4.34. The summed E-state index contributed by atoms with van der Waals surface area (Å²) in [7, 11) is 0. The van der Waals surface area contributed by atoms with Crippen LogP contribution in [0.3, 0.4) is 0 Å². The molecule has 0 fully saturated rings. The van der Waals surface area contributed by atoms with Gasteiger partial charge >= 0.3 is 0 Å². The van der Waals surface area contributed by atoms with Gasteiger partial charge in [-0.25, -0.2) is 0 Å². The minimum Gasteiger partial charge on any atom is -0.123 e. The van der Waals surface area contributed by atoms with Crippen LogP contribution < -0.4 is 0 Å². The Kier molecular flexibility index (Phi) is 5.03. The van der Waals surface area contributed by atoms with Gasteiger partial charge in [0.25, 0.3) is 0 Å². The van der Waals surface area contributed by atoms with E-state index < -0.39 is 0 Å². The fourth-order valence-corrected chi connectivity index (χ4v) is 1.84. The Hall–Kier alpha value is -0.490. The van der Waals surface area contributed by atoms with Crippen molar-refractivity contribution in [1.82, 2.24) is 0 Å². The molecule has 0 aliphatic carbocycles. The second kappa shape index (κ2) is 6.08. The highest BCUT2D eigenvalue weighted by Crippen LogP contribution is 2.14. The highest BCUT2D eigenvalue weighted by molar-refractivity contribution is 6.20. The summed E-state index contributed by atoms with van der Waals surface area (Å²) in [6.07, 6.45) is 4.60. The molecule has 1 aromatic carbocycles. The third-order valence-electron chi connectivity index (χ3n) is 2.45. The number of hydrogen-bond acceptors (Lipinski definition) is 0. The Morgan fingerprint density at radius 3 is 2.43 bits per heavy atom. The van der Waals surface area contributed by atoms with Gasteiger partial charge in [-0.2, -0.15) is 0 Å². The average Bonchev–Trinajstić information content (AvgIpc) is 2.18. The van der Waals surface area contributed by atoms with Crippen molar-refractivity contribution in [3.63, 3.8) is 0 Å². The third-order valence-corrected chi connectivity index (χ3v) is 2.82. The first-order valence-electron chi connectivity index (χ1n) is 5.42. The molecule has 0 saturated heterocycles. The molecule has 0 spiro atoms. The minimum atomic E-state index is 0.303. The van der Waals surface area contributed by atoms with Gasteiger partial charge < -0.3 is 0 Å². The van der Waals surface area contributed by atoms with Crippen molar-refractivity contribution < 1.29 is 0 Å². The van der Waals surface area contributed by atoms with Gasteiger partial charge in [0.2, 0.25) is 0 Å². The van der Waals surface area contributed by atoms with E-state index in [0.717, 1.165) is 12.8 Å². The molecule has 1 unspecified atom stereocenters. The quantitative estimate of drug-likeness (QED) is 0.635. The molecule has 0 heterocycles. The molecule has 1 heteroatoms. The molecule has 0 saturated carbocycles. The maximum atomic E-state index is 6.23. The zero-order valence-corrected chi connectivity index (χ0v) is 9.85. The number of halogens is 1. The van der Waals surface area contributed by atoms with Crippen molar-refractivity contribution in [3.8, 4) is 0 Å². The van der Waals surface area contributed by atoms with E-state index in [9.17, 15) is 0 Å². The molecular formula is C13H19Cl. The van der Waals surface area contributed by atoms with Gasteiger partial charge in [0, 0.05) is 5.38 Å². The molecule has 0 amide bonds. The van der Waals surface area contributed by atoms with Crippen LogP contribution >= 0.6 is 11.6 Å². The monoisotopic (exact) mass is 210 g/mol. The molecule has 0 aromatic heterocycles. The van der Waals surface area contributed by atoms with Crippen LogP contribution in [0, 0.1) is 6.92 Å². The van der Waals surface area contributed by atoms with E-state index in [-0.39, 0.29) is 0 Å². The lowest BCUT2D eigenvalue weighted by molar-refractivity contribution is 0.674. The zero-order valence-electron chi connectivity index (χ0n) is 9.09. The molecule has 1 aromatic rings. The van der Waals surface area contributed by atoms with E-state index in [1.807, 2.05) is 0 Å². The van der Waals surface area contributed by atoms with Crippen LogP contribution in [-0.4, -0.2) is 5.38 Å². The van der Waals surface area contributed by atoms with Crippen LogP contribution in [0.5, 0.6) is 0 Å². The van der Waals surface area contributed by atoms with Crippen molar-refractivity contribution in [2.45, 2.75) is 44.9 Å². The fourth-order valence-electron chi connectivity index (χ4n) is 1.51. The fraction of sp³-hybridized carbons (Fsp3) is 0.538. The summed E-state index contributed by atoms with van der Waals surface area (Å²) in [6, 6.07) is 8.66. The summed E-state index contributed by atoms with van der Waals surface area (Å²) in [4.78, 5) is 0. The molecule has 0 nitrogen and oxygen atoms in total. The average molecular weight is 211 g/mol. The van der Waals surface area contributed by atoms with Crippen LogP contribution in [-0.2, 0) is 6.42 Å². The van der Waals surface area contributed by atoms with E-state index in [2.05, 4.69) is 38.1 Å². The molecule has 1 rings (SSSR count). The van der Waals surface area contributed by atoms with E-state index in [4.69, 9.17) is 11.6 Å². The molecule has 0 aliphatic rings. The van der Waals surface area contributed by atoms with Crippen LogP contribution in [0.1, 0.15) is 37.3 Å². The second-order valence-corrected chi connectivity index (χ2v) is 4.55. The van der Waals surface area contributed by atoms with E-state index in [0.29, 0.717) is 5.38 Å². The molecule has 0 bridgehead atoms. The topological polar surface area (TPSA) is 0 Å². The third kappa shape index (κ3) is 4.15. The summed E-state index contributed by atoms with van der Waals surface area (Å²) >= 11 is 6.23. The van der Waals surface area contributed by atoms with Gasteiger partial charge in [0.1, 0.15) is 0 Å². The Morgan fingerprint density at radius 1 is 1.21 bits per heavy atom. The predicted molar refractivity (Wildman–Crippen MR) is 64.0 cm³/mol. The lowest BCUT2D eigenvalue weighted by atomic mass is 10.0. The van der Waals surface area contributed by atoms with Crippen LogP contribution in [0.2, 0.25) is 0 Å². The second-order valence-electron chi connectivity index (χ2n) is 3.93. The maximum absolute atomic E-state index is 6.23. The summed E-state index contributed by atoms with van der Waals surface area (Å²) < 4.78 is 0. The normalized spacial score (nSPS) is 12.8. The van der Waals surface area contributed by atoms with Gasteiger partial charge in [0.15, 0.2) is 0 Å². The van der Waals surface area contributed by atoms with Gasteiger partial charge in [-0.3, -0.25) is 0 Å². The Bertz CT molecular complexity index is 250. The Morgan fingerprint density at radius 2 is 1.86 bits per heavy atom. The maximum Gasteiger partial charge on any atom is 0.0376 e. The Labute approximate surface area is 92.3 Å². The highest BCUT2D eigenvalue weighted by atomic mass is 35.5. The molecule has 78 valence electrons. The first kappa shape index (κ1) is 11.6. The van der Waals surface area contributed by atoms with Crippen molar-refractivity contribution in [3.05, 3.63) is 35.4 Å². The van der Waals surface area contributed by atoms with Gasteiger partial charge in [-0.15, -0.1) is 11.6 Å². The minimum absolute atomic E-state index is 0.303. The summed E-state index contributed by atoms with van der Waals surface area (Å²) in [5.41, 5.74) is 2.67. The lowest BCUT2D eigenvalue weighted by Crippen LogP contribution is -2.02. The van der Waals surface area contributed by atoms with Crippen molar-refractivity contribution in [2.75, 3.05) is 0 Å². The Balaban J connectivity index is 2.39. The first-order chi connectivity index (χ1) is 6.72. The molecule has 1 atom stereocenters. The standard InChI is InChI=1S/C13H19Cl/c1-3-4-5-13(14)10-12-8-6-11(2)7-9-12/h6-9,13H,3-5,10H2,1-2H3. The van der Waals surface area contributed by atoms with Gasteiger partial charge in [-0.05, 0) is 25.3 Å². The van der Waals surface area contributed by atoms with Crippen LogP contribution in [0.25, 0.3) is 0 Å². The van der Waals surface area contributed by atoms with Crippen molar-refractivity contribution in [1.29, 1.82) is 0 Å². The zero-order chi connectivity index (χ0) is 10.4.